The van der Waals surface area contributed by atoms with Gasteiger partial charge in [-0.2, -0.15) is 13.2 Å². The van der Waals surface area contributed by atoms with E-state index in [1.165, 1.54) is 6.07 Å². The predicted molar refractivity (Wildman–Crippen MR) is 106 cm³/mol. The van der Waals surface area contributed by atoms with Gasteiger partial charge in [0.15, 0.2) is 11.7 Å². The second kappa shape index (κ2) is 9.80. The highest BCUT2D eigenvalue weighted by molar-refractivity contribution is 5.92. The number of ether oxygens (including phenoxy) is 1. The van der Waals surface area contributed by atoms with Crippen LogP contribution in [0.25, 0.3) is 11.3 Å². The summed E-state index contributed by atoms with van der Waals surface area (Å²) in [5.74, 6) is -2.23. The van der Waals surface area contributed by atoms with Crippen molar-refractivity contribution in [3.8, 4) is 17.1 Å². The van der Waals surface area contributed by atoms with E-state index in [1.54, 1.807) is 0 Å². The Morgan fingerprint density at radius 1 is 1.16 bits per heavy atom. The summed E-state index contributed by atoms with van der Waals surface area (Å²) in [7, 11) is 0. The molecule has 0 atom stereocenters. The van der Waals surface area contributed by atoms with E-state index in [-0.39, 0.29) is 48.1 Å². The number of carbonyl (C=O) groups is 1. The maximum absolute atomic E-state index is 13.9. The van der Waals surface area contributed by atoms with Crippen LogP contribution in [0.1, 0.15) is 31.2 Å². The monoisotopic (exact) mass is 454 g/mol. The van der Waals surface area contributed by atoms with Gasteiger partial charge >= 0.3 is 6.18 Å². The van der Waals surface area contributed by atoms with Gasteiger partial charge in [0.1, 0.15) is 17.4 Å². The zero-order valence-corrected chi connectivity index (χ0v) is 16.9. The molecule has 10 heteroatoms. The molecule has 1 amide bonds. The van der Waals surface area contributed by atoms with Gasteiger partial charge in [-0.25, -0.2) is 13.8 Å². The molecule has 0 aliphatic carbocycles. The lowest BCUT2D eigenvalue weighted by Crippen LogP contribution is -2.15. The third kappa shape index (κ3) is 5.63. The predicted octanol–water partition coefficient (Wildman–Crippen LogP) is 6.00. The Labute approximate surface area is 180 Å². The SMILES string of the molecule is CCCOc1ccc(C(F)(F)F)cc1NC(=O)CCc1ncc(-c2c(F)cccc2F)o1. The third-order valence-electron chi connectivity index (χ3n) is 4.37. The van der Waals surface area contributed by atoms with Crippen molar-refractivity contribution in [2.24, 2.45) is 0 Å². The number of halogens is 5. The molecular weight excluding hydrogens is 435 g/mol. The van der Waals surface area contributed by atoms with E-state index in [0.29, 0.717) is 6.42 Å². The van der Waals surface area contributed by atoms with Gasteiger partial charge in [0, 0.05) is 12.8 Å². The molecule has 3 rings (SSSR count). The molecule has 3 aromatic rings. The van der Waals surface area contributed by atoms with Crippen molar-refractivity contribution in [2.45, 2.75) is 32.4 Å². The first-order chi connectivity index (χ1) is 15.2. The Hall–Kier alpha value is -3.43. The molecule has 0 unspecified atom stereocenters. The van der Waals surface area contributed by atoms with E-state index >= 15 is 0 Å². The minimum Gasteiger partial charge on any atom is -0.491 e. The van der Waals surface area contributed by atoms with Crippen LogP contribution in [-0.2, 0) is 17.4 Å². The Morgan fingerprint density at radius 2 is 1.88 bits per heavy atom. The quantitative estimate of drug-likeness (QED) is 0.424. The highest BCUT2D eigenvalue weighted by Gasteiger charge is 2.31. The van der Waals surface area contributed by atoms with Gasteiger partial charge in [-0.3, -0.25) is 4.79 Å². The summed E-state index contributed by atoms with van der Waals surface area (Å²) >= 11 is 0. The number of carbonyl (C=O) groups excluding carboxylic acids is 1. The molecule has 0 spiro atoms. The molecule has 32 heavy (non-hydrogen) atoms. The Balaban J connectivity index is 1.69. The fourth-order valence-electron chi connectivity index (χ4n) is 2.85. The summed E-state index contributed by atoms with van der Waals surface area (Å²) in [4.78, 5) is 16.2. The number of nitrogens with zero attached hydrogens (tertiary/aromatic N) is 1. The summed E-state index contributed by atoms with van der Waals surface area (Å²) in [5.41, 5.74) is -1.42. The number of nitrogens with one attached hydrogen (secondary N) is 1. The molecule has 0 saturated carbocycles. The summed E-state index contributed by atoms with van der Waals surface area (Å²) in [6.45, 7) is 2.10. The van der Waals surface area contributed by atoms with Crippen LogP contribution in [0.2, 0.25) is 0 Å². The number of oxazole rings is 1. The summed E-state index contributed by atoms with van der Waals surface area (Å²) in [6.07, 6.45) is -3.05. The lowest BCUT2D eigenvalue weighted by atomic mass is 10.1. The van der Waals surface area contributed by atoms with Gasteiger partial charge < -0.3 is 14.5 Å². The highest BCUT2D eigenvalue weighted by Crippen LogP contribution is 2.35. The summed E-state index contributed by atoms with van der Waals surface area (Å²) in [6, 6.07) is 6.17. The highest BCUT2D eigenvalue weighted by atomic mass is 19.4. The van der Waals surface area contributed by atoms with Crippen molar-refractivity contribution < 1.29 is 35.9 Å². The van der Waals surface area contributed by atoms with Gasteiger partial charge in [-0.05, 0) is 36.8 Å². The normalized spacial score (nSPS) is 11.4. The number of amides is 1. The zero-order chi connectivity index (χ0) is 23.3. The van der Waals surface area contributed by atoms with E-state index < -0.39 is 29.3 Å². The molecule has 5 nitrogen and oxygen atoms in total. The van der Waals surface area contributed by atoms with E-state index in [9.17, 15) is 26.7 Å². The van der Waals surface area contributed by atoms with Crippen molar-refractivity contribution in [1.82, 2.24) is 4.98 Å². The van der Waals surface area contributed by atoms with Crippen LogP contribution in [0, 0.1) is 11.6 Å². The van der Waals surface area contributed by atoms with Crippen molar-refractivity contribution >= 4 is 11.6 Å². The van der Waals surface area contributed by atoms with E-state index in [2.05, 4.69) is 10.3 Å². The largest absolute Gasteiger partial charge is 0.491 e. The Morgan fingerprint density at radius 3 is 2.53 bits per heavy atom. The fraction of sp³-hybridized carbons (Fsp3) is 0.273. The summed E-state index contributed by atoms with van der Waals surface area (Å²) < 4.78 is 77.5. The van der Waals surface area contributed by atoms with Gasteiger partial charge in [0.2, 0.25) is 5.91 Å². The van der Waals surface area contributed by atoms with E-state index in [1.807, 2.05) is 6.92 Å². The number of alkyl halides is 3. The van der Waals surface area contributed by atoms with Crippen LogP contribution < -0.4 is 10.1 Å². The summed E-state index contributed by atoms with van der Waals surface area (Å²) in [5, 5.41) is 2.41. The third-order valence-corrected chi connectivity index (χ3v) is 4.37. The molecule has 170 valence electrons. The fourth-order valence-corrected chi connectivity index (χ4v) is 2.85. The number of benzene rings is 2. The Kier molecular flexibility index (Phi) is 7.12. The molecule has 1 heterocycles. The topological polar surface area (TPSA) is 64.4 Å². The molecule has 0 saturated heterocycles. The van der Waals surface area contributed by atoms with Crippen molar-refractivity contribution in [3.63, 3.8) is 0 Å². The lowest BCUT2D eigenvalue weighted by molar-refractivity contribution is -0.137. The molecule has 0 fully saturated rings. The first-order valence-electron chi connectivity index (χ1n) is 9.72. The molecule has 1 N–H and O–H groups in total. The number of aromatic nitrogens is 1. The van der Waals surface area contributed by atoms with Crippen LogP contribution >= 0.6 is 0 Å². The van der Waals surface area contributed by atoms with Crippen LogP contribution in [0.5, 0.6) is 5.75 Å². The number of hydrogen-bond acceptors (Lipinski definition) is 4. The van der Waals surface area contributed by atoms with Crippen molar-refractivity contribution in [2.75, 3.05) is 11.9 Å². The van der Waals surface area contributed by atoms with Crippen molar-refractivity contribution in [3.05, 3.63) is 65.7 Å². The lowest BCUT2D eigenvalue weighted by Gasteiger charge is -2.15. The molecule has 2 aromatic carbocycles. The first-order valence-corrected chi connectivity index (χ1v) is 9.72. The molecule has 0 radical (unpaired) electrons. The van der Waals surface area contributed by atoms with E-state index in [4.69, 9.17) is 9.15 Å². The average Bonchev–Trinajstić information content (AvgIpc) is 3.19. The van der Waals surface area contributed by atoms with Crippen LogP contribution in [0.15, 0.2) is 47.0 Å². The smallest absolute Gasteiger partial charge is 0.416 e. The van der Waals surface area contributed by atoms with Gasteiger partial charge in [0.05, 0.1) is 29.6 Å². The minimum atomic E-state index is -4.58. The molecule has 0 bridgehead atoms. The number of anilines is 1. The molecule has 1 aromatic heterocycles. The first kappa shape index (κ1) is 23.2. The van der Waals surface area contributed by atoms with Crippen LogP contribution in [0.4, 0.5) is 27.6 Å². The second-order valence-corrected chi connectivity index (χ2v) is 6.82. The maximum Gasteiger partial charge on any atom is 0.416 e. The van der Waals surface area contributed by atoms with Gasteiger partial charge in [-0.15, -0.1) is 0 Å². The van der Waals surface area contributed by atoms with E-state index in [0.717, 1.165) is 36.5 Å². The molecule has 0 aliphatic heterocycles. The van der Waals surface area contributed by atoms with Gasteiger partial charge in [-0.1, -0.05) is 13.0 Å². The average molecular weight is 454 g/mol. The zero-order valence-electron chi connectivity index (χ0n) is 16.9. The number of rotatable bonds is 8. The van der Waals surface area contributed by atoms with Gasteiger partial charge in [0.25, 0.3) is 0 Å². The number of aryl methyl sites for hydroxylation is 1. The van der Waals surface area contributed by atoms with Crippen LogP contribution in [-0.4, -0.2) is 17.5 Å². The standard InChI is InChI=1S/C22H19F5N2O3/c1-2-10-31-17-7-6-13(22(25,26)27)11-16(17)29-19(30)8-9-20-28-12-18(32-20)21-14(23)4-3-5-15(21)24/h3-7,11-12H,2,8-10H2,1H3,(H,29,30). The minimum absolute atomic E-state index is 0.0357. The Bertz CT molecular complexity index is 1080. The number of hydrogen-bond donors (Lipinski definition) is 1. The van der Waals surface area contributed by atoms with Crippen LogP contribution in [0.3, 0.4) is 0 Å². The van der Waals surface area contributed by atoms with Crippen molar-refractivity contribution in [1.29, 1.82) is 0 Å². The maximum atomic E-state index is 13.9. The second-order valence-electron chi connectivity index (χ2n) is 6.82. The molecule has 0 aliphatic rings. The molecular formula is C22H19F5N2O3.